The van der Waals surface area contributed by atoms with E-state index in [0.717, 1.165) is 42.9 Å². The number of hydrogen-bond acceptors (Lipinski definition) is 4. The molecular weight excluding hydrogens is 306 g/mol. The fourth-order valence-corrected chi connectivity index (χ4v) is 3.81. The van der Waals surface area contributed by atoms with Crippen molar-refractivity contribution in [3.05, 3.63) is 40.2 Å². The molecule has 1 unspecified atom stereocenters. The molecule has 1 aliphatic rings. The average molecular weight is 329 g/mol. The Hall–Kier alpha value is -1.72. The Morgan fingerprint density at radius 1 is 1.35 bits per heavy atom. The van der Waals surface area contributed by atoms with Crippen LogP contribution in [0, 0.1) is 12.8 Å². The molecule has 1 atom stereocenters. The third kappa shape index (κ3) is 3.46. The second-order valence-electron chi connectivity index (χ2n) is 6.33. The molecule has 1 saturated heterocycles. The van der Waals surface area contributed by atoms with Crippen LogP contribution >= 0.6 is 11.3 Å². The number of likely N-dealkylation sites (tertiary alicyclic amines) is 1. The van der Waals surface area contributed by atoms with E-state index in [1.807, 2.05) is 35.4 Å². The van der Waals surface area contributed by atoms with Crippen LogP contribution in [0.4, 0.5) is 0 Å². The maximum Gasteiger partial charge on any atom is 0.255 e. The highest BCUT2D eigenvalue weighted by atomic mass is 32.1. The number of hydrogen-bond donors (Lipinski definition) is 1. The van der Waals surface area contributed by atoms with Crippen molar-refractivity contribution in [1.82, 2.24) is 9.88 Å². The number of nitrogens with two attached hydrogens (primary N) is 1. The Kier molecular flexibility index (Phi) is 4.78. The first kappa shape index (κ1) is 16.1. The summed E-state index contributed by atoms with van der Waals surface area (Å²) >= 11 is 1.65. The van der Waals surface area contributed by atoms with Gasteiger partial charge in [-0.05, 0) is 56.2 Å². The van der Waals surface area contributed by atoms with Gasteiger partial charge in [-0.2, -0.15) is 11.3 Å². The molecule has 0 aliphatic carbocycles. The molecule has 0 spiro atoms. The SMILES string of the molecule is Cc1nc(-c2ccsc2)ccc1C(=O)N1CCC(C(C)N)CC1. The average Bonchev–Trinajstić information content (AvgIpc) is 3.08. The van der Waals surface area contributed by atoms with Crippen molar-refractivity contribution in [3.63, 3.8) is 0 Å². The molecule has 122 valence electrons. The molecule has 2 aromatic heterocycles. The summed E-state index contributed by atoms with van der Waals surface area (Å²) in [6.45, 7) is 5.55. The van der Waals surface area contributed by atoms with Crippen LogP contribution in [-0.4, -0.2) is 34.9 Å². The first-order valence-electron chi connectivity index (χ1n) is 8.11. The van der Waals surface area contributed by atoms with Gasteiger partial charge in [0.05, 0.1) is 17.0 Å². The number of piperidine rings is 1. The zero-order chi connectivity index (χ0) is 16.4. The summed E-state index contributed by atoms with van der Waals surface area (Å²) in [6, 6.07) is 6.11. The van der Waals surface area contributed by atoms with E-state index in [1.54, 1.807) is 11.3 Å². The topological polar surface area (TPSA) is 59.2 Å². The molecule has 2 aromatic rings. The van der Waals surface area contributed by atoms with Crippen LogP contribution in [0.1, 0.15) is 35.8 Å². The van der Waals surface area contributed by atoms with Crippen LogP contribution in [0.2, 0.25) is 0 Å². The van der Waals surface area contributed by atoms with Crippen molar-refractivity contribution in [1.29, 1.82) is 0 Å². The standard InChI is InChI=1S/C18H23N3OS/c1-12(19)14-5-8-21(9-6-14)18(22)16-3-4-17(20-13(16)2)15-7-10-23-11-15/h3-4,7,10-12,14H,5-6,8-9,19H2,1-2H3. The van der Waals surface area contributed by atoms with Gasteiger partial charge in [-0.3, -0.25) is 9.78 Å². The first-order chi connectivity index (χ1) is 11.1. The van der Waals surface area contributed by atoms with Gasteiger partial charge in [0, 0.05) is 30.1 Å². The second-order valence-corrected chi connectivity index (χ2v) is 7.11. The summed E-state index contributed by atoms with van der Waals surface area (Å²) in [5.74, 6) is 0.620. The lowest BCUT2D eigenvalue weighted by Gasteiger charge is -2.34. The predicted octanol–water partition coefficient (Wildman–Crippen LogP) is 3.32. The van der Waals surface area contributed by atoms with Crippen LogP contribution < -0.4 is 5.73 Å². The molecule has 0 bridgehead atoms. The molecule has 1 fully saturated rings. The van der Waals surface area contributed by atoms with Gasteiger partial charge in [0.15, 0.2) is 0 Å². The smallest absolute Gasteiger partial charge is 0.255 e. The minimum atomic E-state index is 0.0926. The monoisotopic (exact) mass is 329 g/mol. The molecule has 23 heavy (non-hydrogen) atoms. The van der Waals surface area contributed by atoms with Crippen molar-refractivity contribution in [2.75, 3.05) is 13.1 Å². The highest BCUT2D eigenvalue weighted by Gasteiger charge is 2.26. The van der Waals surface area contributed by atoms with E-state index in [4.69, 9.17) is 5.73 Å². The highest BCUT2D eigenvalue weighted by Crippen LogP contribution is 2.24. The lowest BCUT2D eigenvalue weighted by molar-refractivity contribution is 0.0680. The zero-order valence-corrected chi connectivity index (χ0v) is 14.5. The third-order valence-electron chi connectivity index (χ3n) is 4.70. The van der Waals surface area contributed by atoms with Gasteiger partial charge in [-0.25, -0.2) is 0 Å². The number of thiophene rings is 1. The molecule has 0 radical (unpaired) electrons. The van der Waals surface area contributed by atoms with E-state index in [1.165, 1.54) is 0 Å². The predicted molar refractivity (Wildman–Crippen MR) is 94.6 cm³/mol. The van der Waals surface area contributed by atoms with Gasteiger partial charge in [0.1, 0.15) is 0 Å². The minimum Gasteiger partial charge on any atom is -0.339 e. The van der Waals surface area contributed by atoms with Crippen molar-refractivity contribution >= 4 is 17.2 Å². The summed E-state index contributed by atoms with van der Waals surface area (Å²) in [4.78, 5) is 19.3. The second kappa shape index (κ2) is 6.81. The van der Waals surface area contributed by atoms with Crippen molar-refractivity contribution < 1.29 is 4.79 Å². The zero-order valence-electron chi connectivity index (χ0n) is 13.7. The van der Waals surface area contributed by atoms with Crippen LogP contribution in [0.5, 0.6) is 0 Å². The van der Waals surface area contributed by atoms with E-state index < -0.39 is 0 Å². The number of carbonyl (C=O) groups is 1. The van der Waals surface area contributed by atoms with Crippen molar-refractivity contribution in [3.8, 4) is 11.3 Å². The fraction of sp³-hybridized carbons (Fsp3) is 0.444. The first-order valence-corrected chi connectivity index (χ1v) is 9.05. The van der Waals surface area contributed by atoms with Gasteiger partial charge in [-0.15, -0.1) is 0 Å². The number of amides is 1. The Morgan fingerprint density at radius 2 is 2.09 bits per heavy atom. The Bertz CT molecular complexity index is 674. The Labute approximate surface area is 141 Å². The minimum absolute atomic E-state index is 0.0926. The molecule has 3 heterocycles. The van der Waals surface area contributed by atoms with Crippen molar-refractivity contribution in [2.24, 2.45) is 11.7 Å². The molecular formula is C18H23N3OS. The van der Waals surface area contributed by atoms with Crippen LogP contribution in [0.15, 0.2) is 29.0 Å². The molecule has 4 nitrogen and oxygen atoms in total. The van der Waals surface area contributed by atoms with Crippen LogP contribution in [0.25, 0.3) is 11.3 Å². The van der Waals surface area contributed by atoms with Gasteiger partial charge in [-0.1, -0.05) is 0 Å². The molecule has 3 rings (SSSR count). The van der Waals surface area contributed by atoms with E-state index in [9.17, 15) is 4.79 Å². The molecule has 2 N–H and O–H groups in total. The largest absolute Gasteiger partial charge is 0.339 e. The summed E-state index contributed by atoms with van der Waals surface area (Å²) in [5.41, 5.74) is 9.52. The number of rotatable bonds is 3. The summed E-state index contributed by atoms with van der Waals surface area (Å²) in [6.07, 6.45) is 1.98. The van der Waals surface area contributed by atoms with E-state index >= 15 is 0 Å². The van der Waals surface area contributed by atoms with E-state index in [0.29, 0.717) is 11.5 Å². The van der Waals surface area contributed by atoms with E-state index in [-0.39, 0.29) is 11.9 Å². The maximum absolute atomic E-state index is 12.8. The van der Waals surface area contributed by atoms with Gasteiger partial charge in [0.25, 0.3) is 5.91 Å². The summed E-state index contributed by atoms with van der Waals surface area (Å²) < 4.78 is 0. The van der Waals surface area contributed by atoms with Gasteiger partial charge < -0.3 is 10.6 Å². The number of nitrogens with zero attached hydrogens (tertiary/aromatic N) is 2. The number of aryl methyl sites for hydroxylation is 1. The molecule has 1 amide bonds. The molecule has 5 heteroatoms. The fourth-order valence-electron chi connectivity index (χ4n) is 3.16. The molecule has 0 saturated carbocycles. The Balaban J connectivity index is 1.73. The van der Waals surface area contributed by atoms with Crippen LogP contribution in [-0.2, 0) is 0 Å². The Morgan fingerprint density at radius 3 is 2.65 bits per heavy atom. The lowest BCUT2D eigenvalue weighted by atomic mass is 9.90. The molecule has 0 aromatic carbocycles. The summed E-state index contributed by atoms with van der Waals surface area (Å²) in [7, 11) is 0. The number of pyridine rings is 1. The van der Waals surface area contributed by atoms with Crippen molar-refractivity contribution in [2.45, 2.75) is 32.7 Å². The highest BCUT2D eigenvalue weighted by molar-refractivity contribution is 7.08. The normalized spacial score (nSPS) is 17.3. The van der Waals surface area contributed by atoms with Gasteiger partial charge >= 0.3 is 0 Å². The summed E-state index contributed by atoms with van der Waals surface area (Å²) in [5, 5.41) is 4.11. The van der Waals surface area contributed by atoms with Gasteiger partial charge in [0.2, 0.25) is 0 Å². The quantitative estimate of drug-likeness (QED) is 0.940. The van der Waals surface area contributed by atoms with E-state index in [2.05, 4.69) is 17.3 Å². The number of carbonyl (C=O) groups excluding carboxylic acids is 1. The number of aromatic nitrogens is 1. The molecule has 1 aliphatic heterocycles. The lowest BCUT2D eigenvalue weighted by Crippen LogP contribution is -2.42. The third-order valence-corrected chi connectivity index (χ3v) is 5.39. The van der Waals surface area contributed by atoms with Crippen LogP contribution in [0.3, 0.4) is 0 Å². The maximum atomic E-state index is 12.8.